The van der Waals surface area contributed by atoms with E-state index in [2.05, 4.69) is 36.7 Å². The maximum Gasteiger partial charge on any atom is 0.223 e. The lowest BCUT2D eigenvalue weighted by Gasteiger charge is -2.29. The molecule has 0 spiro atoms. The van der Waals surface area contributed by atoms with Gasteiger partial charge in [0.05, 0.1) is 0 Å². The number of nitrogens with one attached hydrogen (secondary N) is 1. The second kappa shape index (κ2) is 6.72. The van der Waals surface area contributed by atoms with Crippen LogP contribution in [0.3, 0.4) is 0 Å². The van der Waals surface area contributed by atoms with Crippen LogP contribution in [0.4, 0.5) is 0 Å². The average molecular weight is 294 g/mol. The molecule has 0 atom stereocenters. The van der Waals surface area contributed by atoms with Gasteiger partial charge in [0, 0.05) is 22.8 Å². The lowest BCUT2D eigenvalue weighted by atomic mass is 9.81. The quantitative estimate of drug-likeness (QED) is 0.877. The van der Waals surface area contributed by atoms with Crippen molar-refractivity contribution in [3.05, 3.63) is 22.4 Å². The predicted molar refractivity (Wildman–Crippen MR) is 84.9 cm³/mol. The van der Waals surface area contributed by atoms with Crippen LogP contribution in [0, 0.1) is 11.8 Å². The normalized spacial score (nSPS) is 23.6. The van der Waals surface area contributed by atoms with E-state index in [9.17, 15) is 4.79 Å². The van der Waals surface area contributed by atoms with Crippen LogP contribution < -0.4 is 11.1 Å². The molecule has 0 aromatic carbocycles. The number of nitrogens with two attached hydrogens (primary N) is 1. The molecule has 3 nitrogen and oxygen atoms in total. The van der Waals surface area contributed by atoms with Gasteiger partial charge in [-0.3, -0.25) is 4.79 Å². The minimum Gasteiger partial charge on any atom is -0.355 e. The van der Waals surface area contributed by atoms with Crippen LogP contribution in [-0.2, 0) is 10.2 Å². The summed E-state index contributed by atoms with van der Waals surface area (Å²) in [7, 11) is 0. The van der Waals surface area contributed by atoms with Crippen molar-refractivity contribution >= 4 is 17.2 Å². The van der Waals surface area contributed by atoms with E-state index in [-0.39, 0.29) is 17.2 Å². The summed E-state index contributed by atoms with van der Waals surface area (Å²) in [5.41, 5.74) is 5.71. The molecule has 4 heteroatoms. The molecule has 0 unspecified atom stereocenters. The van der Waals surface area contributed by atoms with Crippen LogP contribution in [-0.4, -0.2) is 19.0 Å². The first-order chi connectivity index (χ1) is 9.53. The van der Waals surface area contributed by atoms with E-state index < -0.39 is 0 Å². The number of amides is 1. The highest BCUT2D eigenvalue weighted by Gasteiger charge is 2.28. The van der Waals surface area contributed by atoms with Gasteiger partial charge >= 0.3 is 0 Å². The Balaban J connectivity index is 1.81. The average Bonchev–Trinajstić information content (AvgIpc) is 3.00. The highest BCUT2D eigenvalue weighted by atomic mass is 32.1. The molecular formula is C16H26N2OS. The van der Waals surface area contributed by atoms with Gasteiger partial charge in [0.15, 0.2) is 0 Å². The zero-order chi connectivity index (χ0) is 14.6. The van der Waals surface area contributed by atoms with Gasteiger partial charge in [-0.05, 0) is 49.6 Å². The number of carbonyl (C=O) groups excluding carboxylic acids is 1. The third-order valence-corrected chi connectivity index (χ3v) is 5.68. The molecule has 3 N–H and O–H groups in total. The van der Waals surface area contributed by atoms with Crippen molar-refractivity contribution in [2.24, 2.45) is 17.6 Å². The Hall–Kier alpha value is -0.870. The molecule has 1 aliphatic rings. The van der Waals surface area contributed by atoms with Gasteiger partial charge in [-0.25, -0.2) is 0 Å². The van der Waals surface area contributed by atoms with Crippen LogP contribution in [0.15, 0.2) is 17.5 Å². The van der Waals surface area contributed by atoms with Gasteiger partial charge in [0.25, 0.3) is 0 Å². The number of rotatable bonds is 5. The summed E-state index contributed by atoms with van der Waals surface area (Å²) in [5, 5.41) is 5.24. The summed E-state index contributed by atoms with van der Waals surface area (Å²) in [6.45, 7) is 5.85. The fourth-order valence-electron chi connectivity index (χ4n) is 2.86. The topological polar surface area (TPSA) is 55.1 Å². The van der Waals surface area contributed by atoms with Crippen molar-refractivity contribution in [2.75, 3.05) is 13.1 Å². The zero-order valence-corrected chi connectivity index (χ0v) is 13.3. The Kier molecular flexibility index (Phi) is 5.22. The summed E-state index contributed by atoms with van der Waals surface area (Å²) in [6.07, 6.45) is 4.19. The van der Waals surface area contributed by atoms with E-state index in [0.717, 1.165) is 32.2 Å². The number of thiophene rings is 1. The third-order valence-electron chi connectivity index (χ3n) is 4.44. The molecular weight excluding hydrogens is 268 g/mol. The summed E-state index contributed by atoms with van der Waals surface area (Å²) in [5.74, 6) is 1.05. The predicted octanol–water partition coefficient (Wildman–Crippen LogP) is 2.91. The third kappa shape index (κ3) is 3.83. The highest BCUT2D eigenvalue weighted by Crippen LogP contribution is 2.29. The first-order valence-corrected chi connectivity index (χ1v) is 8.42. The first kappa shape index (κ1) is 15.5. The van der Waals surface area contributed by atoms with Crippen molar-refractivity contribution in [3.8, 4) is 0 Å². The Labute approximate surface area is 125 Å². The molecule has 1 aromatic rings. The molecule has 1 saturated carbocycles. The second-order valence-corrected chi connectivity index (χ2v) is 7.48. The molecule has 0 radical (unpaired) electrons. The largest absolute Gasteiger partial charge is 0.355 e. The molecule has 20 heavy (non-hydrogen) atoms. The van der Waals surface area contributed by atoms with Crippen molar-refractivity contribution in [1.29, 1.82) is 0 Å². The Morgan fingerprint density at radius 1 is 1.40 bits per heavy atom. The standard InChI is InChI=1S/C16H26N2OS/c1-16(2,14-4-3-9-20-14)11-18-15(19)13-7-5-12(10-17)6-8-13/h3-4,9,12-13H,5-8,10-11,17H2,1-2H3,(H,18,19). The number of hydrogen-bond donors (Lipinski definition) is 2. The van der Waals surface area contributed by atoms with E-state index in [1.807, 2.05) is 0 Å². The Morgan fingerprint density at radius 2 is 2.10 bits per heavy atom. The molecule has 0 saturated heterocycles. The Morgan fingerprint density at radius 3 is 2.65 bits per heavy atom. The smallest absolute Gasteiger partial charge is 0.223 e. The molecule has 2 rings (SSSR count). The number of hydrogen-bond acceptors (Lipinski definition) is 3. The fraction of sp³-hybridized carbons (Fsp3) is 0.688. The molecule has 0 aliphatic heterocycles. The molecule has 0 bridgehead atoms. The molecule has 1 aliphatic carbocycles. The van der Waals surface area contributed by atoms with Gasteiger partial charge < -0.3 is 11.1 Å². The lowest BCUT2D eigenvalue weighted by molar-refractivity contribution is -0.126. The summed E-state index contributed by atoms with van der Waals surface area (Å²) < 4.78 is 0. The van der Waals surface area contributed by atoms with Gasteiger partial charge in [0.2, 0.25) is 5.91 Å². The van der Waals surface area contributed by atoms with Crippen LogP contribution >= 0.6 is 11.3 Å². The second-order valence-electron chi connectivity index (χ2n) is 6.53. The van der Waals surface area contributed by atoms with E-state index in [1.54, 1.807) is 11.3 Å². The van der Waals surface area contributed by atoms with Crippen molar-refractivity contribution in [1.82, 2.24) is 5.32 Å². The molecule has 1 heterocycles. The highest BCUT2D eigenvalue weighted by molar-refractivity contribution is 7.10. The van der Waals surface area contributed by atoms with E-state index in [0.29, 0.717) is 12.5 Å². The first-order valence-electron chi connectivity index (χ1n) is 7.54. The monoisotopic (exact) mass is 294 g/mol. The fourth-order valence-corrected chi connectivity index (χ4v) is 3.72. The molecule has 1 fully saturated rings. The van der Waals surface area contributed by atoms with Crippen LogP contribution in [0.25, 0.3) is 0 Å². The Bertz CT molecular complexity index is 420. The van der Waals surface area contributed by atoms with Gasteiger partial charge in [-0.1, -0.05) is 19.9 Å². The van der Waals surface area contributed by atoms with Crippen molar-refractivity contribution < 1.29 is 4.79 Å². The maximum atomic E-state index is 12.3. The maximum absolute atomic E-state index is 12.3. The van der Waals surface area contributed by atoms with Gasteiger partial charge in [-0.2, -0.15) is 0 Å². The summed E-state index contributed by atoms with van der Waals surface area (Å²) >= 11 is 1.76. The number of carbonyl (C=O) groups is 1. The van der Waals surface area contributed by atoms with Gasteiger partial charge in [0.1, 0.15) is 0 Å². The summed E-state index contributed by atoms with van der Waals surface area (Å²) in [6, 6.07) is 4.21. The van der Waals surface area contributed by atoms with E-state index >= 15 is 0 Å². The minimum atomic E-state index is 0.0122. The van der Waals surface area contributed by atoms with E-state index in [4.69, 9.17) is 5.73 Å². The zero-order valence-electron chi connectivity index (χ0n) is 12.5. The summed E-state index contributed by atoms with van der Waals surface area (Å²) in [4.78, 5) is 13.6. The molecule has 1 aromatic heterocycles. The minimum absolute atomic E-state index is 0.0122. The van der Waals surface area contributed by atoms with Crippen LogP contribution in [0.5, 0.6) is 0 Å². The van der Waals surface area contributed by atoms with E-state index in [1.165, 1.54) is 4.88 Å². The molecule has 1 amide bonds. The van der Waals surface area contributed by atoms with Crippen molar-refractivity contribution in [3.63, 3.8) is 0 Å². The van der Waals surface area contributed by atoms with Crippen LogP contribution in [0.2, 0.25) is 0 Å². The SMILES string of the molecule is CC(C)(CNC(=O)C1CCC(CN)CC1)c1cccs1. The molecule has 112 valence electrons. The van der Waals surface area contributed by atoms with Crippen LogP contribution in [0.1, 0.15) is 44.4 Å². The van der Waals surface area contributed by atoms with Crippen molar-refractivity contribution in [2.45, 2.75) is 44.9 Å². The van der Waals surface area contributed by atoms with Gasteiger partial charge in [-0.15, -0.1) is 11.3 Å². The lowest BCUT2D eigenvalue weighted by Crippen LogP contribution is -2.40.